The highest BCUT2D eigenvalue weighted by molar-refractivity contribution is 9.10. The standard InChI is InChI=1S/C26H24BrFN6O2/c27-22-4-2-1-3-20(22)21-15-17-16-30-26(31-19-7-5-18(28)6-8-19)33-24(17)32-23(21)25(35)29-9-10-34-11-13-36-14-12-34/h1-8,15-16H,9-14H2,(H,29,35)(H,30,31,32,33). The van der Waals surface area contributed by atoms with Gasteiger partial charge in [0, 0.05) is 53.5 Å². The molecule has 0 saturated carbocycles. The van der Waals surface area contributed by atoms with Crippen molar-refractivity contribution >= 4 is 44.5 Å². The summed E-state index contributed by atoms with van der Waals surface area (Å²) in [6.07, 6.45) is 1.65. The van der Waals surface area contributed by atoms with Crippen molar-refractivity contribution in [2.24, 2.45) is 0 Å². The number of rotatable bonds is 7. The Balaban J connectivity index is 1.45. The first-order chi connectivity index (χ1) is 17.6. The van der Waals surface area contributed by atoms with Crippen molar-refractivity contribution in [2.45, 2.75) is 0 Å². The molecule has 1 amide bonds. The minimum absolute atomic E-state index is 0.275. The number of nitrogens with zero attached hydrogens (tertiary/aromatic N) is 4. The van der Waals surface area contributed by atoms with Gasteiger partial charge in [-0.2, -0.15) is 4.98 Å². The Morgan fingerprint density at radius 1 is 1.06 bits per heavy atom. The average molecular weight is 551 g/mol. The summed E-state index contributed by atoms with van der Waals surface area (Å²) in [7, 11) is 0. The van der Waals surface area contributed by atoms with Gasteiger partial charge in [-0.1, -0.05) is 34.1 Å². The van der Waals surface area contributed by atoms with Crippen molar-refractivity contribution in [3.8, 4) is 11.1 Å². The molecule has 8 nitrogen and oxygen atoms in total. The summed E-state index contributed by atoms with van der Waals surface area (Å²) in [4.78, 5) is 29.1. The number of aromatic nitrogens is 3. The molecule has 0 radical (unpaired) electrons. The van der Waals surface area contributed by atoms with Crippen LogP contribution in [0.2, 0.25) is 0 Å². The Hall–Kier alpha value is -3.47. The van der Waals surface area contributed by atoms with Crippen LogP contribution in [0.25, 0.3) is 22.2 Å². The number of amides is 1. The smallest absolute Gasteiger partial charge is 0.270 e. The number of anilines is 2. The van der Waals surface area contributed by atoms with Gasteiger partial charge in [0.1, 0.15) is 11.5 Å². The van der Waals surface area contributed by atoms with Gasteiger partial charge in [-0.15, -0.1) is 0 Å². The van der Waals surface area contributed by atoms with E-state index in [0.717, 1.165) is 29.7 Å². The van der Waals surface area contributed by atoms with Crippen LogP contribution in [0.15, 0.2) is 65.3 Å². The van der Waals surface area contributed by atoms with E-state index in [2.05, 4.69) is 46.4 Å². The van der Waals surface area contributed by atoms with Crippen molar-refractivity contribution in [2.75, 3.05) is 44.7 Å². The topological polar surface area (TPSA) is 92.3 Å². The lowest BCUT2D eigenvalue weighted by molar-refractivity contribution is 0.0383. The van der Waals surface area contributed by atoms with Gasteiger partial charge in [0.05, 0.1) is 13.2 Å². The Morgan fingerprint density at radius 3 is 2.61 bits per heavy atom. The molecule has 0 spiro atoms. The van der Waals surface area contributed by atoms with Crippen LogP contribution in [-0.4, -0.2) is 65.2 Å². The third-order valence-corrected chi connectivity index (χ3v) is 6.56. The van der Waals surface area contributed by atoms with Crippen LogP contribution in [0, 0.1) is 5.82 Å². The van der Waals surface area contributed by atoms with Gasteiger partial charge in [-0.25, -0.2) is 14.4 Å². The highest BCUT2D eigenvalue weighted by atomic mass is 79.9. The summed E-state index contributed by atoms with van der Waals surface area (Å²) < 4.78 is 19.5. The predicted octanol–water partition coefficient (Wildman–Crippen LogP) is 4.40. The maximum atomic E-state index is 13.3. The minimum atomic E-state index is -0.328. The third kappa shape index (κ3) is 5.67. The molecule has 2 aromatic carbocycles. The second-order valence-electron chi connectivity index (χ2n) is 8.31. The molecule has 1 saturated heterocycles. The van der Waals surface area contributed by atoms with Gasteiger partial charge in [-0.3, -0.25) is 9.69 Å². The molecule has 10 heteroatoms. The summed E-state index contributed by atoms with van der Waals surface area (Å²) >= 11 is 3.59. The van der Waals surface area contributed by atoms with Gasteiger partial charge >= 0.3 is 0 Å². The number of fused-ring (bicyclic) bond motifs is 1. The molecule has 4 aromatic rings. The van der Waals surface area contributed by atoms with Crippen LogP contribution < -0.4 is 10.6 Å². The number of morpholine rings is 1. The van der Waals surface area contributed by atoms with E-state index in [-0.39, 0.29) is 17.4 Å². The van der Waals surface area contributed by atoms with Crippen LogP contribution in [0.1, 0.15) is 10.5 Å². The maximum absolute atomic E-state index is 13.3. The molecule has 1 aliphatic heterocycles. The van der Waals surface area contributed by atoms with E-state index in [9.17, 15) is 9.18 Å². The largest absolute Gasteiger partial charge is 0.379 e. The van der Waals surface area contributed by atoms with Crippen LogP contribution in [0.3, 0.4) is 0 Å². The molecule has 5 rings (SSSR count). The number of hydrogen-bond acceptors (Lipinski definition) is 7. The van der Waals surface area contributed by atoms with Gasteiger partial charge in [0.15, 0.2) is 5.65 Å². The van der Waals surface area contributed by atoms with Gasteiger partial charge in [-0.05, 0) is 42.0 Å². The molecule has 0 unspecified atom stereocenters. The van der Waals surface area contributed by atoms with E-state index in [0.29, 0.717) is 48.0 Å². The summed E-state index contributed by atoms with van der Waals surface area (Å²) in [5.74, 6) is -0.304. The molecule has 1 aliphatic rings. The second kappa shape index (κ2) is 11.1. The van der Waals surface area contributed by atoms with E-state index in [1.807, 2.05) is 30.3 Å². The molecule has 1 fully saturated rings. The second-order valence-corrected chi connectivity index (χ2v) is 9.17. The normalized spacial score (nSPS) is 14.1. The predicted molar refractivity (Wildman–Crippen MR) is 140 cm³/mol. The average Bonchev–Trinajstić information content (AvgIpc) is 2.90. The molecule has 2 N–H and O–H groups in total. The molecule has 2 aromatic heterocycles. The molecular weight excluding hydrogens is 527 g/mol. The lowest BCUT2D eigenvalue weighted by Crippen LogP contribution is -2.41. The van der Waals surface area contributed by atoms with Crippen LogP contribution in [0.5, 0.6) is 0 Å². The molecule has 3 heterocycles. The van der Waals surface area contributed by atoms with E-state index in [1.54, 1.807) is 18.3 Å². The van der Waals surface area contributed by atoms with Crippen LogP contribution in [-0.2, 0) is 4.74 Å². The first-order valence-corrected chi connectivity index (χ1v) is 12.4. The fourth-order valence-electron chi connectivity index (χ4n) is 3.98. The summed E-state index contributed by atoms with van der Waals surface area (Å²) in [5, 5.41) is 6.74. The van der Waals surface area contributed by atoms with Crippen molar-refractivity contribution in [3.63, 3.8) is 0 Å². The first kappa shape index (κ1) is 24.2. The maximum Gasteiger partial charge on any atom is 0.270 e. The number of carbonyl (C=O) groups excluding carboxylic acids is 1. The molecule has 0 aliphatic carbocycles. The van der Waals surface area contributed by atoms with Crippen LogP contribution >= 0.6 is 15.9 Å². The van der Waals surface area contributed by atoms with Crippen molar-refractivity contribution in [1.82, 2.24) is 25.2 Å². The summed E-state index contributed by atoms with van der Waals surface area (Å²) in [6.45, 7) is 4.36. The van der Waals surface area contributed by atoms with Gasteiger partial charge < -0.3 is 15.4 Å². The van der Waals surface area contributed by atoms with E-state index in [4.69, 9.17) is 4.74 Å². The van der Waals surface area contributed by atoms with Gasteiger partial charge in [0.25, 0.3) is 5.91 Å². The number of halogens is 2. The fraction of sp³-hybridized carbons (Fsp3) is 0.231. The zero-order chi connectivity index (χ0) is 24.9. The first-order valence-electron chi connectivity index (χ1n) is 11.6. The summed E-state index contributed by atoms with van der Waals surface area (Å²) in [5.41, 5.74) is 2.83. The van der Waals surface area contributed by atoms with E-state index < -0.39 is 0 Å². The van der Waals surface area contributed by atoms with Crippen LogP contribution in [0.4, 0.5) is 16.0 Å². The molecular formula is C26H24BrFN6O2. The molecule has 184 valence electrons. The molecule has 36 heavy (non-hydrogen) atoms. The zero-order valence-electron chi connectivity index (χ0n) is 19.4. The van der Waals surface area contributed by atoms with Crippen molar-refractivity contribution in [3.05, 3.63) is 76.8 Å². The number of hydrogen-bond donors (Lipinski definition) is 2. The monoisotopic (exact) mass is 550 g/mol. The number of ether oxygens (including phenoxy) is 1. The third-order valence-electron chi connectivity index (χ3n) is 5.87. The number of carbonyl (C=O) groups is 1. The lowest BCUT2D eigenvalue weighted by atomic mass is 10.0. The SMILES string of the molecule is O=C(NCCN1CCOCC1)c1nc2nc(Nc3ccc(F)cc3)ncc2cc1-c1ccccc1Br. The van der Waals surface area contributed by atoms with Crippen molar-refractivity contribution in [1.29, 1.82) is 0 Å². The molecule has 0 atom stereocenters. The van der Waals surface area contributed by atoms with Crippen molar-refractivity contribution < 1.29 is 13.9 Å². The van der Waals surface area contributed by atoms with E-state index in [1.165, 1.54) is 12.1 Å². The minimum Gasteiger partial charge on any atom is -0.379 e. The highest BCUT2D eigenvalue weighted by Gasteiger charge is 2.19. The number of pyridine rings is 1. The highest BCUT2D eigenvalue weighted by Crippen LogP contribution is 2.32. The fourth-order valence-corrected chi connectivity index (χ4v) is 4.48. The quantitative estimate of drug-likeness (QED) is 0.352. The zero-order valence-corrected chi connectivity index (χ0v) is 21.0. The van der Waals surface area contributed by atoms with E-state index >= 15 is 0 Å². The molecule has 0 bridgehead atoms. The van der Waals surface area contributed by atoms with Gasteiger partial charge in [0.2, 0.25) is 5.95 Å². The Kier molecular flexibility index (Phi) is 7.45. The Morgan fingerprint density at radius 2 is 1.83 bits per heavy atom. The Labute approximate surface area is 216 Å². The Bertz CT molecular complexity index is 1380. The number of nitrogens with one attached hydrogen (secondary N) is 2. The summed E-state index contributed by atoms with van der Waals surface area (Å²) in [6, 6.07) is 15.5. The number of benzene rings is 2. The lowest BCUT2D eigenvalue weighted by Gasteiger charge is -2.26.